The van der Waals surface area contributed by atoms with Crippen molar-refractivity contribution in [1.29, 1.82) is 0 Å². The molecule has 0 bridgehead atoms. The molecule has 0 spiro atoms. The summed E-state index contributed by atoms with van der Waals surface area (Å²) in [6, 6.07) is 15.7. The normalized spacial score (nSPS) is 15.0. The molecule has 0 fully saturated rings. The Morgan fingerprint density at radius 3 is 2.12 bits per heavy atom. The second-order valence-corrected chi connectivity index (χ2v) is 8.69. The Balaban J connectivity index is 1.65. The Morgan fingerprint density at radius 2 is 1.61 bits per heavy atom. The third-order valence-electron chi connectivity index (χ3n) is 6.32. The fourth-order valence-electron chi connectivity index (χ4n) is 4.29. The molecule has 1 aliphatic rings. The molecule has 0 aliphatic heterocycles. The Labute approximate surface area is 194 Å². The first-order valence-corrected chi connectivity index (χ1v) is 11.4. The van der Waals surface area contributed by atoms with Crippen LogP contribution in [-0.2, 0) is 14.3 Å². The van der Waals surface area contributed by atoms with E-state index < -0.39 is 29.6 Å². The molecule has 0 radical (unpaired) electrons. The van der Waals surface area contributed by atoms with Gasteiger partial charge in [-0.3, -0.25) is 9.59 Å². The summed E-state index contributed by atoms with van der Waals surface area (Å²) in [7, 11) is 0. The molecule has 0 saturated carbocycles. The number of fused-ring (bicyclic) bond motifs is 3. The number of ether oxygens (including phenoxy) is 1. The van der Waals surface area contributed by atoms with E-state index in [-0.39, 0.29) is 18.9 Å². The molecule has 2 aromatic carbocycles. The van der Waals surface area contributed by atoms with Crippen LogP contribution in [0.2, 0.25) is 0 Å². The van der Waals surface area contributed by atoms with E-state index >= 15 is 0 Å². The Kier molecular flexibility index (Phi) is 7.74. The van der Waals surface area contributed by atoms with Crippen molar-refractivity contribution in [3.05, 3.63) is 59.7 Å². The van der Waals surface area contributed by atoms with Gasteiger partial charge in [-0.25, -0.2) is 4.79 Å². The molecule has 0 saturated heterocycles. The van der Waals surface area contributed by atoms with Crippen LogP contribution in [0, 0.1) is 0 Å². The lowest BCUT2D eigenvalue weighted by atomic mass is 9.96. The quantitative estimate of drug-likeness (QED) is 0.494. The fraction of sp³-hybridized carbons (Fsp3) is 0.423. The summed E-state index contributed by atoms with van der Waals surface area (Å²) in [6.07, 6.45) is 0.768. The van der Waals surface area contributed by atoms with Crippen LogP contribution < -0.4 is 10.6 Å². The molecule has 3 N–H and O–H groups in total. The predicted octanol–water partition coefficient (Wildman–Crippen LogP) is 4.45. The Hall–Kier alpha value is -3.35. The number of carboxylic acid groups (broad SMARTS) is 1. The minimum absolute atomic E-state index is 0.0747. The van der Waals surface area contributed by atoms with Crippen molar-refractivity contribution in [2.45, 2.75) is 64.0 Å². The van der Waals surface area contributed by atoms with Gasteiger partial charge in [0, 0.05) is 12.0 Å². The molecular formula is C26H32N2O5. The van der Waals surface area contributed by atoms with Crippen LogP contribution in [0.3, 0.4) is 0 Å². The lowest BCUT2D eigenvalue weighted by Crippen LogP contribution is -2.58. The van der Waals surface area contributed by atoms with Crippen molar-refractivity contribution in [2.75, 3.05) is 6.61 Å². The summed E-state index contributed by atoms with van der Waals surface area (Å²) < 4.78 is 5.58. The van der Waals surface area contributed by atoms with E-state index in [9.17, 15) is 14.4 Å². The SMILES string of the molecule is CCCC(CC(=O)O)NC(=O)C(C)(CC)NC(=O)OCC1c2ccccc2-c2ccccc21. The van der Waals surface area contributed by atoms with Gasteiger partial charge in [0.1, 0.15) is 12.1 Å². The number of amides is 2. The average molecular weight is 453 g/mol. The average Bonchev–Trinajstić information content (AvgIpc) is 3.11. The summed E-state index contributed by atoms with van der Waals surface area (Å²) in [5.74, 6) is -1.47. The molecule has 1 aliphatic carbocycles. The van der Waals surface area contributed by atoms with Crippen LogP contribution in [0.1, 0.15) is 63.5 Å². The Bertz CT molecular complexity index is 976. The number of carboxylic acids is 1. The highest BCUT2D eigenvalue weighted by Crippen LogP contribution is 2.44. The van der Waals surface area contributed by atoms with Crippen molar-refractivity contribution < 1.29 is 24.2 Å². The maximum atomic E-state index is 12.9. The van der Waals surface area contributed by atoms with Gasteiger partial charge in [-0.2, -0.15) is 0 Å². The van der Waals surface area contributed by atoms with E-state index in [2.05, 4.69) is 22.8 Å². The van der Waals surface area contributed by atoms with Gasteiger partial charge >= 0.3 is 12.1 Å². The van der Waals surface area contributed by atoms with Crippen molar-refractivity contribution in [1.82, 2.24) is 10.6 Å². The number of nitrogens with one attached hydrogen (secondary N) is 2. The summed E-state index contributed by atoms with van der Waals surface area (Å²) >= 11 is 0. The van der Waals surface area contributed by atoms with E-state index in [0.29, 0.717) is 12.8 Å². The van der Waals surface area contributed by atoms with Crippen LogP contribution in [0.25, 0.3) is 11.1 Å². The second kappa shape index (κ2) is 10.5. The summed E-state index contributed by atoms with van der Waals surface area (Å²) in [6.45, 7) is 5.48. The third-order valence-corrected chi connectivity index (χ3v) is 6.32. The number of aliphatic carboxylic acids is 1. The van der Waals surface area contributed by atoms with E-state index in [0.717, 1.165) is 28.7 Å². The van der Waals surface area contributed by atoms with Crippen LogP contribution in [0.15, 0.2) is 48.5 Å². The van der Waals surface area contributed by atoms with E-state index in [1.807, 2.05) is 43.3 Å². The molecule has 7 nitrogen and oxygen atoms in total. The highest BCUT2D eigenvalue weighted by atomic mass is 16.5. The van der Waals surface area contributed by atoms with Gasteiger partial charge in [-0.1, -0.05) is 68.8 Å². The number of rotatable bonds is 10. The van der Waals surface area contributed by atoms with Crippen LogP contribution in [0.4, 0.5) is 4.79 Å². The minimum atomic E-state index is -1.22. The van der Waals surface area contributed by atoms with Crippen molar-refractivity contribution in [3.63, 3.8) is 0 Å². The van der Waals surface area contributed by atoms with Crippen LogP contribution in [-0.4, -0.2) is 41.3 Å². The smallest absolute Gasteiger partial charge is 0.408 e. The largest absolute Gasteiger partial charge is 0.481 e. The lowest BCUT2D eigenvalue weighted by molar-refractivity contribution is -0.138. The Morgan fingerprint density at radius 1 is 1.03 bits per heavy atom. The van der Waals surface area contributed by atoms with Gasteiger partial charge < -0.3 is 20.5 Å². The standard InChI is InChI=1S/C26H32N2O5/c1-4-10-17(15-23(29)30)27-24(31)26(3,5-2)28-25(32)33-16-22-20-13-8-6-11-18(20)19-12-7-9-14-21(19)22/h6-9,11-14,17,22H,4-5,10,15-16H2,1-3H3,(H,27,31)(H,28,32)(H,29,30). The van der Waals surface area contributed by atoms with Gasteiger partial charge in [0.2, 0.25) is 5.91 Å². The second-order valence-electron chi connectivity index (χ2n) is 8.69. The molecule has 33 heavy (non-hydrogen) atoms. The number of alkyl carbamates (subject to hydrolysis) is 1. The lowest BCUT2D eigenvalue weighted by Gasteiger charge is -2.30. The number of hydrogen-bond donors (Lipinski definition) is 3. The molecule has 2 atom stereocenters. The van der Waals surface area contributed by atoms with Crippen molar-refractivity contribution >= 4 is 18.0 Å². The highest BCUT2D eigenvalue weighted by molar-refractivity contribution is 5.90. The number of benzene rings is 2. The van der Waals surface area contributed by atoms with Crippen molar-refractivity contribution in [2.24, 2.45) is 0 Å². The molecule has 2 unspecified atom stereocenters. The summed E-state index contributed by atoms with van der Waals surface area (Å²) in [5.41, 5.74) is 3.28. The minimum Gasteiger partial charge on any atom is -0.481 e. The van der Waals surface area contributed by atoms with E-state index in [1.54, 1.807) is 13.8 Å². The van der Waals surface area contributed by atoms with Gasteiger partial charge in [-0.15, -0.1) is 0 Å². The summed E-state index contributed by atoms with van der Waals surface area (Å²) in [4.78, 5) is 36.7. The van der Waals surface area contributed by atoms with Gasteiger partial charge in [0.05, 0.1) is 6.42 Å². The molecule has 3 rings (SSSR count). The molecular weight excluding hydrogens is 420 g/mol. The van der Waals surface area contributed by atoms with Crippen LogP contribution in [0.5, 0.6) is 0 Å². The first-order chi connectivity index (χ1) is 15.8. The first kappa shape index (κ1) is 24.3. The fourth-order valence-corrected chi connectivity index (χ4v) is 4.29. The number of carbonyl (C=O) groups excluding carboxylic acids is 2. The van der Waals surface area contributed by atoms with E-state index in [4.69, 9.17) is 9.84 Å². The van der Waals surface area contributed by atoms with E-state index in [1.165, 1.54) is 0 Å². The zero-order chi connectivity index (χ0) is 24.0. The maximum absolute atomic E-state index is 12.9. The maximum Gasteiger partial charge on any atom is 0.408 e. The highest BCUT2D eigenvalue weighted by Gasteiger charge is 2.36. The topological polar surface area (TPSA) is 105 Å². The molecule has 7 heteroatoms. The zero-order valence-corrected chi connectivity index (χ0v) is 19.4. The predicted molar refractivity (Wildman–Crippen MR) is 126 cm³/mol. The van der Waals surface area contributed by atoms with Gasteiger partial charge in [-0.05, 0) is 42.0 Å². The van der Waals surface area contributed by atoms with Gasteiger partial charge in [0.15, 0.2) is 0 Å². The monoisotopic (exact) mass is 452 g/mol. The molecule has 176 valence electrons. The third kappa shape index (κ3) is 5.53. The first-order valence-electron chi connectivity index (χ1n) is 11.4. The van der Waals surface area contributed by atoms with Gasteiger partial charge in [0.25, 0.3) is 0 Å². The summed E-state index contributed by atoms with van der Waals surface area (Å²) in [5, 5.41) is 14.6. The van der Waals surface area contributed by atoms with Crippen LogP contribution >= 0.6 is 0 Å². The molecule has 0 heterocycles. The molecule has 0 aromatic heterocycles. The number of hydrogen-bond acceptors (Lipinski definition) is 4. The number of carbonyl (C=O) groups is 3. The zero-order valence-electron chi connectivity index (χ0n) is 19.4. The van der Waals surface area contributed by atoms with Crippen molar-refractivity contribution in [3.8, 4) is 11.1 Å². The molecule has 2 amide bonds. The molecule has 2 aromatic rings.